The molecule has 1 aromatic carbocycles. The number of amides is 1. The molecule has 2 atom stereocenters. The molecule has 0 spiro atoms. The third-order valence-corrected chi connectivity index (χ3v) is 7.49. The summed E-state index contributed by atoms with van der Waals surface area (Å²) in [6, 6.07) is 5.94. The molecule has 0 aromatic heterocycles. The van der Waals surface area contributed by atoms with Crippen molar-refractivity contribution in [2.45, 2.75) is 71.4 Å². The molecule has 4 aliphatic rings. The largest absolute Gasteiger partial charge is 0.481 e. The van der Waals surface area contributed by atoms with Gasteiger partial charge in [0, 0.05) is 6.04 Å². The Morgan fingerprint density at radius 3 is 2.39 bits per heavy atom. The van der Waals surface area contributed by atoms with Crippen molar-refractivity contribution in [3.05, 3.63) is 29.3 Å². The number of benzene rings is 1. The summed E-state index contributed by atoms with van der Waals surface area (Å²) in [5, 5.41) is 13.0. The monoisotopic (exact) mass is 385 g/mol. The van der Waals surface area contributed by atoms with Crippen molar-refractivity contribution in [1.82, 2.24) is 5.32 Å². The Labute approximate surface area is 166 Å². The van der Waals surface area contributed by atoms with Crippen LogP contribution in [0.1, 0.15) is 57.1 Å². The van der Waals surface area contributed by atoms with Gasteiger partial charge in [-0.15, -0.1) is 0 Å². The highest BCUT2D eigenvalue weighted by molar-refractivity contribution is 5.85. The van der Waals surface area contributed by atoms with Crippen LogP contribution in [0.5, 0.6) is 5.75 Å². The predicted molar refractivity (Wildman–Crippen MR) is 106 cm³/mol. The number of carbonyl (C=O) groups excluding carboxylic acids is 1. The fraction of sp³-hybridized carbons (Fsp3) is 0.652. The maximum Gasteiger partial charge on any atom is 0.309 e. The summed E-state index contributed by atoms with van der Waals surface area (Å²) in [5.74, 6) is 1.01. The first-order chi connectivity index (χ1) is 13.1. The first-order valence-electron chi connectivity index (χ1n) is 10.4. The van der Waals surface area contributed by atoms with E-state index in [2.05, 4.69) is 5.32 Å². The highest BCUT2D eigenvalue weighted by atomic mass is 16.5. The Kier molecular flexibility index (Phi) is 4.48. The van der Waals surface area contributed by atoms with Crippen LogP contribution >= 0.6 is 0 Å². The van der Waals surface area contributed by atoms with Crippen molar-refractivity contribution >= 4 is 11.9 Å². The summed E-state index contributed by atoms with van der Waals surface area (Å²) in [7, 11) is 0. The Hall–Kier alpha value is -2.04. The molecule has 0 heterocycles. The van der Waals surface area contributed by atoms with Gasteiger partial charge in [-0.05, 0) is 94.7 Å². The Morgan fingerprint density at radius 2 is 1.79 bits per heavy atom. The van der Waals surface area contributed by atoms with Crippen LogP contribution in [0.3, 0.4) is 0 Å². The topological polar surface area (TPSA) is 75.6 Å². The molecule has 5 rings (SSSR count). The molecule has 4 bridgehead atoms. The molecule has 1 aromatic rings. The van der Waals surface area contributed by atoms with Gasteiger partial charge in [0.15, 0.2) is 5.60 Å². The van der Waals surface area contributed by atoms with Crippen LogP contribution in [0.4, 0.5) is 0 Å². The number of carboxylic acid groups (broad SMARTS) is 1. The number of carboxylic acids is 1. The molecular formula is C23H31NO4. The molecule has 0 radical (unpaired) electrons. The summed E-state index contributed by atoms with van der Waals surface area (Å²) in [6.45, 7) is 7.64. The van der Waals surface area contributed by atoms with E-state index in [4.69, 9.17) is 4.74 Å². The lowest BCUT2D eigenvalue weighted by Crippen LogP contribution is -2.63. The summed E-state index contributed by atoms with van der Waals surface area (Å²) in [4.78, 5) is 25.0. The smallest absolute Gasteiger partial charge is 0.309 e. The summed E-state index contributed by atoms with van der Waals surface area (Å²) < 4.78 is 6.12. The molecule has 0 aliphatic heterocycles. The molecular weight excluding hydrogens is 354 g/mol. The van der Waals surface area contributed by atoms with E-state index in [1.807, 2.05) is 32.0 Å². The molecule has 28 heavy (non-hydrogen) atoms. The molecule has 5 nitrogen and oxygen atoms in total. The van der Waals surface area contributed by atoms with Crippen LogP contribution in [0.25, 0.3) is 0 Å². The fourth-order valence-electron chi connectivity index (χ4n) is 6.00. The van der Waals surface area contributed by atoms with Gasteiger partial charge in [0.25, 0.3) is 5.91 Å². The van der Waals surface area contributed by atoms with Crippen LogP contribution in [-0.4, -0.2) is 28.6 Å². The first kappa shape index (κ1) is 19.3. The number of hydrogen-bond acceptors (Lipinski definition) is 3. The molecule has 4 saturated carbocycles. The highest BCUT2D eigenvalue weighted by Gasteiger charge is 2.59. The van der Waals surface area contributed by atoms with Crippen LogP contribution in [0, 0.1) is 37.0 Å². The van der Waals surface area contributed by atoms with E-state index in [0.717, 1.165) is 36.1 Å². The Bertz CT molecular complexity index is 799. The zero-order chi connectivity index (χ0) is 20.3. The van der Waals surface area contributed by atoms with Gasteiger partial charge >= 0.3 is 5.97 Å². The number of ether oxygens (including phenoxy) is 1. The SMILES string of the molecule is Cc1cccc(OC(C)(C)C(=O)NC2C3CC4CC2CC(C(=O)O)(C4)C3)c1C. The van der Waals surface area contributed by atoms with Gasteiger partial charge in [-0.3, -0.25) is 9.59 Å². The zero-order valence-corrected chi connectivity index (χ0v) is 17.2. The van der Waals surface area contributed by atoms with Gasteiger partial charge in [-0.25, -0.2) is 0 Å². The van der Waals surface area contributed by atoms with E-state index < -0.39 is 17.0 Å². The summed E-state index contributed by atoms with van der Waals surface area (Å²) >= 11 is 0. The van der Waals surface area contributed by atoms with E-state index >= 15 is 0 Å². The normalized spacial score (nSPS) is 33.6. The van der Waals surface area contributed by atoms with Crippen molar-refractivity contribution in [2.75, 3.05) is 0 Å². The standard InChI is InChI=1S/C23H31NO4/c1-13-6-5-7-18(14(13)2)28-22(3,4)20(25)24-19-16-8-15-9-17(19)12-23(10-15,11-16)21(26)27/h5-7,15-17,19H,8-12H2,1-4H3,(H,24,25)(H,26,27). The maximum absolute atomic E-state index is 13.1. The molecule has 4 aliphatic carbocycles. The summed E-state index contributed by atoms with van der Waals surface area (Å²) in [6.07, 6.45) is 4.28. The van der Waals surface area contributed by atoms with Gasteiger partial charge in [-0.1, -0.05) is 12.1 Å². The van der Waals surface area contributed by atoms with E-state index in [9.17, 15) is 14.7 Å². The molecule has 1 amide bonds. The van der Waals surface area contributed by atoms with Crippen LogP contribution in [-0.2, 0) is 9.59 Å². The average molecular weight is 386 g/mol. The van der Waals surface area contributed by atoms with Gasteiger partial charge in [0.1, 0.15) is 5.75 Å². The third-order valence-electron chi connectivity index (χ3n) is 7.49. The molecule has 2 N–H and O–H groups in total. The van der Waals surface area contributed by atoms with Crippen LogP contribution in [0.15, 0.2) is 18.2 Å². The second-order valence-electron chi connectivity index (χ2n) is 9.87. The number of carbonyl (C=O) groups is 2. The second kappa shape index (κ2) is 6.50. The van der Waals surface area contributed by atoms with Crippen molar-refractivity contribution < 1.29 is 19.4 Å². The van der Waals surface area contributed by atoms with Gasteiger partial charge in [-0.2, -0.15) is 0 Å². The average Bonchev–Trinajstić information content (AvgIpc) is 2.61. The van der Waals surface area contributed by atoms with Crippen molar-refractivity contribution in [2.24, 2.45) is 23.2 Å². The van der Waals surface area contributed by atoms with Crippen molar-refractivity contribution in [1.29, 1.82) is 0 Å². The van der Waals surface area contributed by atoms with E-state index in [-0.39, 0.29) is 23.8 Å². The number of rotatable bonds is 5. The van der Waals surface area contributed by atoms with Crippen LogP contribution in [0.2, 0.25) is 0 Å². The Morgan fingerprint density at radius 1 is 1.14 bits per heavy atom. The maximum atomic E-state index is 13.1. The van der Waals surface area contributed by atoms with Gasteiger partial charge < -0.3 is 15.2 Å². The first-order valence-corrected chi connectivity index (χ1v) is 10.4. The van der Waals surface area contributed by atoms with E-state index in [1.54, 1.807) is 13.8 Å². The summed E-state index contributed by atoms with van der Waals surface area (Å²) in [5.41, 5.74) is 0.634. The molecule has 0 saturated heterocycles. The Balaban J connectivity index is 1.48. The number of aryl methyl sites for hydroxylation is 1. The third kappa shape index (κ3) is 3.09. The van der Waals surface area contributed by atoms with E-state index in [0.29, 0.717) is 18.8 Å². The molecule has 5 heteroatoms. The minimum absolute atomic E-state index is 0.0676. The predicted octanol–water partition coefficient (Wildman–Crippen LogP) is 3.86. The minimum Gasteiger partial charge on any atom is -0.481 e. The highest BCUT2D eigenvalue weighted by Crippen LogP contribution is 2.60. The van der Waals surface area contributed by atoms with Crippen LogP contribution < -0.4 is 10.1 Å². The van der Waals surface area contributed by atoms with Gasteiger partial charge in [0.2, 0.25) is 0 Å². The van der Waals surface area contributed by atoms with E-state index in [1.165, 1.54) is 0 Å². The van der Waals surface area contributed by atoms with Crippen molar-refractivity contribution in [3.63, 3.8) is 0 Å². The number of nitrogens with one attached hydrogen (secondary N) is 1. The van der Waals surface area contributed by atoms with Gasteiger partial charge in [0.05, 0.1) is 5.41 Å². The fourth-order valence-corrected chi connectivity index (χ4v) is 6.00. The molecule has 4 fully saturated rings. The quantitative estimate of drug-likeness (QED) is 0.807. The van der Waals surface area contributed by atoms with Crippen molar-refractivity contribution in [3.8, 4) is 5.75 Å². The lowest BCUT2D eigenvalue weighted by atomic mass is 9.48. The lowest BCUT2D eigenvalue weighted by molar-refractivity contribution is -0.168. The second-order valence-corrected chi connectivity index (χ2v) is 9.87. The number of aliphatic carboxylic acids is 1. The number of hydrogen-bond donors (Lipinski definition) is 2. The molecule has 2 unspecified atom stereocenters. The molecule has 152 valence electrons. The lowest BCUT2D eigenvalue weighted by Gasteiger charge is -2.58. The zero-order valence-electron chi connectivity index (χ0n) is 17.2. The minimum atomic E-state index is -0.988.